The van der Waals surface area contributed by atoms with Crippen molar-refractivity contribution in [1.29, 1.82) is 0 Å². The number of hydrogen-bond acceptors (Lipinski definition) is 4. The van der Waals surface area contributed by atoms with E-state index in [9.17, 15) is 4.79 Å². The Balaban J connectivity index is 0.00000272. The van der Waals surface area contributed by atoms with Gasteiger partial charge in [0.05, 0.1) is 10.2 Å². The van der Waals surface area contributed by atoms with Gasteiger partial charge in [-0.05, 0) is 74.1 Å². The Morgan fingerprint density at radius 1 is 0.968 bits per heavy atom. The summed E-state index contributed by atoms with van der Waals surface area (Å²) >= 11 is 1.60. The Hall–Kier alpha value is -2.47. The van der Waals surface area contributed by atoms with E-state index < -0.39 is 0 Å². The molecule has 0 atom stereocenters. The van der Waals surface area contributed by atoms with Crippen molar-refractivity contribution < 1.29 is 4.79 Å². The van der Waals surface area contributed by atoms with Gasteiger partial charge in [0.15, 0.2) is 5.13 Å². The van der Waals surface area contributed by atoms with Crippen molar-refractivity contribution in [3.05, 3.63) is 71.8 Å². The largest absolute Gasteiger partial charge is 0.309 e. The minimum absolute atomic E-state index is 0. The van der Waals surface area contributed by atoms with Crippen molar-refractivity contribution in [2.75, 3.05) is 32.1 Å². The lowest BCUT2D eigenvalue weighted by atomic mass is 10.1. The van der Waals surface area contributed by atoms with Gasteiger partial charge >= 0.3 is 0 Å². The highest BCUT2D eigenvalue weighted by Gasteiger charge is 2.21. The molecule has 1 heterocycles. The molecule has 162 valence electrons. The Kier molecular flexibility index (Phi) is 7.65. The molecule has 4 nitrogen and oxygen atoms in total. The summed E-state index contributed by atoms with van der Waals surface area (Å²) in [7, 11) is 4.11. The molecule has 0 aliphatic heterocycles. The standard InChI is InChI=1S/C25H27N3OS.ClH/c1-4-18-10-13-22-23(16-18)30-25(26-22)28(15-7-14-27(2)3)24(29)21-12-11-19-8-5-6-9-20(19)17-21;/h5-6,8-13,16-17H,4,7,14-15H2,1-3H3;1H. The minimum atomic E-state index is 0. The molecule has 0 N–H and O–H groups in total. The van der Waals surface area contributed by atoms with Gasteiger partial charge in [0.1, 0.15) is 0 Å². The first-order valence-corrected chi connectivity index (χ1v) is 11.2. The molecule has 0 unspecified atom stereocenters. The zero-order valence-corrected chi connectivity index (χ0v) is 19.8. The van der Waals surface area contributed by atoms with Gasteiger partial charge in [-0.1, -0.05) is 54.7 Å². The van der Waals surface area contributed by atoms with Crippen LogP contribution in [0.25, 0.3) is 21.0 Å². The van der Waals surface area contributed by atoms with Crippen molar-refractivity contribution >= 4 is 55.8 Å². The lowest BCUT2D eigenvalue weighted by Gasteiger charge is -2.21. The van der Waals surface area contributed by atoms with Crippen molar-refractivity contribution in [3.63, 3.8) is 0 Å². The maximum absolute atomic E-state index is 13.5. The summed E-state index contributed by atoms with van der Waals surface area (Å²) in [6.45, 7) is 3.72. The number of fused-ring (bicyclic) bond motifs is 2. The predicted octanol–water partition coefficient (Wildman–Crippen LogP) is 6.03. The van der Waals surface area contributed by atoms with E-state index in [-0.39, 0.29) is 18.3 Å². The van der Waals surface area contributed by atoms with Gasteiger partial charge < -0.3 is 4.90 Å². The van der Waals surface area contributed by atoms with E-state index in [1.165, 1.54) is 5.56 Å². The van der Waals surface area contributed by atoms with Gasteiger partial charge in [-0.25, -0.2) is 4.98 Å². The van der Waals surface area contributed by atoms with Gasteiger partial charge in [-0.3, -0.25) is 9.69 Å². The third kappa shape index (κ3) is 5.24. The number of anilines is 1. The first kappa shape index (κ1) is 23.2. The van der Waals surface area contributed by atoms with Crippen LogP contribution in [0.5, 0.6) is 0 Å². The predicted molar refractivity (Wildman–Crippen MR) is 135 cm³/mol. The van der Waals surface area contributed by atoms with E-state index in [2.05, 4.69) is 50.2 Å². The van der Waals surface area contributed by atoms with Gasteiger partial charge in [0.2, 0.25) is 0 Å². The number of hydrogen-bond donors (Lipinski definition) is 0. The fourth-order valence-electron chi connectivity index (χ4n) is 3.60. The number of aromatic nitrogens is 1. The van der Waals surface area contributed by atoms with Gasteiger partial charge in [0.25, 0.3) is 5.91 Å². The molecule has 6 heteroatoms. The van der Waals surface area contributed by atoms with E-state index in [0.29, 0.717) is 12.1 Å². The number of carbonyl (C=O) groups is 1. The number of aryl methyl sites for hydroxylation is 1. The number of nitrogens with zero attached hydrogens (tertiary/aromatic N) is 3. The monoisotopic (exact) mass is 453 g/mol. The van der Waals surface area contributed by atoms with Gasteiger partial charge in [-0.2, -0.15) is 0 Å². The number of benzene rings is 3. The highest BCUT2D eigenvalue weighted by atomic mass is 35.5. The average Bonchev–Trinajstić information content (AvgIpc) is 3.18. The van der Waals surface area contributed by atoms with E-state index in [0.717, 1.165) is 45.5 Å². The average molecular weight is 454 g/mol. The summed E-state index contributed by atoms with van der Waals surface area (Å²) in [6.07, 6.45) is 1.88. The molecule has 4 rings (SSSR count). The lowest BCUT2D eigenvalue weighted by Crippen LogP contribution is -2.33. The summed E-state index contributed by atoms with van der Waals surface area (Å²) in [5.74, 6) is 0.00859. The Morgan fingerprint density at radius 2 is 1.74 bits per heavy atom. The maximum Gasteiger partial charge on any atom is 0.260 e. The molecule has 0 bridgehead atoms. The second kappa shape index (κ2) is 10.2. The second-order valence-corrected chi connectivity index (χ2v) is 8.84. The number of thiazole rings is 1. The fourth-order valence-corrected chi connectivity index (χ4v) is 4.65. The van der Waals surface area contributed by atoms with E-state index in [1.54, 1.807) is 11.3 Å². The molecule has 0 saturated carbocycles. The molecule has 3 aromatic carbocycles. The normalized spacial score (nSPS) is 11.1. The Morgan fingerprint density at radius 3 is 2.48 bits per heavy atom. The van der Waals surface area contributed by atoms with E-state index in [4.69, 9.17) is 4.98 Å². The summed E-state index contributed by atoms with van der Waals surface area (Å²) in [4.78, 5) is 22.3. The third-order valence-electron chi connectivity index (χ3n) is 5.31. The molecule has 1 aromatic heterocycles. The molecule has 0 spiro atoms. The maximum atomic E-state index is 13.5. The SMILES string of the molecule is CCc1ccc2nc(N(CCCN(C)C)C(=O)c3ccc4ccccc4c3)sc2c1.Cl. The molecule has 0 aliphatic rings. The number of amides is 1. The van der Waals surface area contributed by atoms with Crippen LogP contribution in [0.4, 0.5) is 5.13 Å². The van der Waals surface area contributed by atoms with Crippen molar-refractivity contribution in [2.24, 2.45) is 0 Å². The van der Waals surface area contributed by atoms with Crippen LogP contribution in [0, 0.1) is 0 Å². The minimum Gasteiger partial charge on any atom is -0.309 e. The summed E-state index contributed by atoms with van der Waals surface area (Å²) in [5.41, 5.74) is 2.95. The van der Waals surface area contributed by atoms with E-state index in [1.807, 2.05) is 41.3 Å². The van der Waals surface area contributed by atoms with Crippen molar-refractivity contribution in [1.82, 2.24) is 9.88 Å². The van der Waals surface area contributed by atoms with Crippen LogP contribution in [0.1, 0.15) is 29.3 Å². The zero-order valence-electron chi connectivity index (χ0n) is 18.2. The lowest BCUT2D eigenvalue weighted by molar-refractivity contribution is 0.0986. The van der Waals surface area contributed by atoms with Crippen LogP contribution in [0.3, 0.4) is 0 Å². The highest BCUT2D eigenvalue weighted by molar-refractivity contribution is 7.22. The van der Waals surface area contributed by atoms with Crippen molar-refractivity contribution in [2.45, 2.75) is 19.8 Å². The van der Waals surface area contributed by atoms with Crippen LogP contribution in [0.2, 0.25) is 0 Å². The molecule has 0 aliphatic carbocycles. The summed E-state index contributed by atoms with van der Waals surface area (Å²) in [5, 5.41) is 2.99. The molecule has 1 amide bonds. The third-order valence-corrected chi connectivity index (χ3v) is 6.35. The zero-order chi connectivity index (χ0) is 21.1. The van der Waals surface area contributed by atoms with Gasteiger partial charge in [0, 0.05) is 12.1 Å². The number of carbonyl (C=O) groups excluding carboxylic acids is 1. The fraction of sp³-hybridized carbons (Fsp3) is 0.280. The summed E-state index contributed by atoms with van der Waals surface area (Å²) < 4.78 is 1.13. The van der Waals surface area contributed by atoms with Crippen molar-refractivity contribution in [3.8, 4) is 0 Å². The van der Waals surface area contributed by atoms with Crippen LogP contribution in [0.15, 0.2) is 60.7 Å². The molecule has 4 aromatic rings. The number of rotatable bonds is 7. The van der Waals surface area contributed by atoms with Crippen LogP contribution >= 0.6 is 23.7 Å². The molecular formula is C25H28ClN3OS. The van der Waals surface area contributed by atoms with Crippen LogP contribution in [-0.4, -0.2) is 43.0 Å². The van der Waals surface area contributed by atoms with Crippen LogP contribution < -0.4 is 4.90 Å². The topological polar surface area (TPSA) is 36.4 Å². The molecule has 31 heavy (non-hydrogen) atoms. The smallest absolute Gasteiger partial charge is 0.260 e. The highest BCUT2D eigenvalue weighted by Crippen LogP contribution is 2.31. The Bertz CT molecular complexity index is 1190. The molecule has 0 fully saturated rings. The summed E-state index contributed by atoms with van der Waals surface area (Å²) in [6, 6.07) is 20.4. The molecule has 0 saturated heterocycles. The van der Waals surface area contributed by atoms with E-state index >= 15 is 0 Å². The second-order valence-electron chi connectivity index (χ2n) is 7.83. The van der Waals surface area contributed by atoms with Crippen LogP contribution in [-0.2, 0) is 6.42 Å². The first-order valence-electron chi connectivity index (χ1n) is 10.4. The Labute approximate surface area is 193 Å². The van der Waals surface area contributed by atoms with Gasteiger partial charge in [-0.15, -0.1) is 12.4 Å². The quantitative estimate of drug-likeness (QED) is 0.342. The number of halogens is 1. The molecule has 0 radical (unpaired) electrons. The molecular weight excluding hydrogens is 426 g/mol. The first-order chi connectivity index (χ1) is 14.5.